The van der Waals surface area contributed by atoms with Crippen molar-refractivity contribution < 1.29 is 4.39 Å². The van der Waals surface area contributed by atoms with Gasteiger partial charge in [0.25, 0.3) is 0 Å². The van der Waals surface area contributed by atoms with Crippen LogP contribution >= 0.6 is 11.8 Å². The Balaban J connectivity index is 2.21. The van der Waals surface area contributed by atoms with E-state index in [-0.39, 0.29) is 11.6 Å². The number of halogens is 1. The second kappa shape index (κ2) is 6.35. The highest BCUT2D eigenvalue weighted by atomic mass is 32.2. The number of nitrogens with two attached hydrogens (primary N) is 1. The summed E-state index contributed by atoms with van der Waals surface area (Å²) in [6, 6.07) is 8.57. The summed E-state index contributed by atoms with van der Waals surface area (Å²) < 4.78 is 13.5. The Morgan fingerprint density at radius 3 is 2.75 bits per heavy atom. The first kappa shape index (κ1) is 14.3. The van der Waals surface area contributed by atoms with Crippen LogP contribution in [0, 0.1) is 17.1 Å². The van der Waals surface area contributed by atoms with Crippen molar-refractivity contribution >= 4 is 17.6 Å². The van der Waals surface area contributed by atoms with Crippen LogP contribution in [0.3, 0.4) is 0 Å². The van der Waals surface area contributed by atoms with Crippen molar-refractivity contribution in [1.82, 2.24) is 9.97 Å². The summed E-state index contributed by atoms with van der Waals surface area (Å²) in [5.74, 6) is 0.342. The number of rotatable bonds is 4. The number of nitriles is 1. The monoisotopic (exact) mass is 288 g/mol. The summed E-state index contributed by atoms with van der Waals surface area (Å²) in [5, 5.41) is 9.46. The smallest absolute Gasteiger partial charge is 0.190 e. The molecule has 0 unspecified atom stereocenters. The van der Waals surface area contributed by atoms with E-state index in [1.807, 2.05) is 13.0 Å². The number of thioether (sulfide) groups is 1. The Morgan fingerprint density at radius 2 is 2.10 bits per heavy atom. The fraction of sp³-hybridized carbons (Fsp3) is 0.214. The molecule has 2 N–H and O–H groups in total. The van der Waals surface area contributed by atoms with Crippen LogP contribution in [-0.4, -0.2) is 9.97 Å². The normalized spacial score (nSPS) is 10.2. The largest absolute Gasteiger partial charge is 0.382 e. The van der Waals surface area contributed by atoms with Gasteiger partial charge in [-0.05, 0) is 18.1 Å². The third-order valence-electron chi connectivity index (χ3n) is 2.75. The van der Waals surface area contributed by atoms with Gasteiger partial charge in [0.05, 0.1) is 5.69 Å². The number of nitrogen functional groups attached to an aromatic ring is 1. The van der Waals surface area contributed by atoms with Crippen LogP contribution < -0.4 is 5.73 Å². The Bertz CT molecular complexity index is 667. The van der Waals surface area contributed by atoms with Gasteiger partial charge in [-0.3, -0.25) is 0 Å². The van der Waals surface area contributed by atoms with E-state index in [9.17, 15) is 4.39 Å². The van der Waals surface area contributed by atoms with E-state index >= 15 is 0 Å². The minimum Gasteiger partial charge on any atom is -0.382 e. The molecule has 20 heavy (non-hydrogen) atoms. The van der Waals surface area contributed by atoms with E-state index in [4.69, 9.17) is 11.0 Å². The Hall–Kier alpha value is -2.13. The zero-order valence-electron chi connectivity index (χ0n) is 10.9. The minimum atomic E-state index is -0.252. The lowest BCUT2D eigenvalue weighted by molar-refractivity contribution is 0.617. The number of anilines is 1. The van der Waals surface area contributed by atoms with Crippen LogP contribution in [0.15, 0.2) is 29.4 Å². The molecule has 4 nitrogen and oxygen atoms in total. The molecule has 2 aromatic rings. The molecule has 1 aromatic heterocycles. The van der Waals surface area contributed by atoms with Gasteiger partial charge in [-0.2, -0.15) is 5.26 Å². The maximum atomic E-state index is 13.5. The van der Waals surface area contributed by atoms with Crippen molar-refractivity contribution in [2.75, 3.05) is 5.73 Å². The number of benzene rings is 1. The van der Waals surface area contributed by atoms with E-state index in [2.05, 4.69) is 9.97 Å². The quantitative estimate of drug-likeness (QED) is 0.691. The zero-order valence-corrected chi connectivity index (χ0v) is 11.7. The van der Waals surface area contributed by atoms with Gasteiger partial charge >= 0.3 is 0 Å². The summed E-state index contributed by atoms with van der Waals surface area (Å²) in [7, 11) is 0. The molecule has 0 amide bonds. The lowest BCUT2D eigenvalue weighted by Crippen LogP contribution is -2.04. The van der Waals surface area contributed by atoms with Crippen molar-refractivity contribution in [1.29, 1.82) is 5.26 Å². The number of aryl methyl sites for hydroxylation is 1. The van der Waals surface area contributed by atoms with Crippen molar-refractivity contribution in [2.45, 2.75) is 24.3 Å². The third-order valence-corrected chi connectivity index (χ3v) is 3.65. The standard InChI is InChI=1S/C14H13FN4S/c1-2-12-10(7-16)13(17)19-14(18-12)20-8-9-5-3-4-6-11(9)15/h3-6H,2,8H2,1H3,(H2,17,18,19). The predicted octanol–water partition coefficient (Wildman–Crippen LogP) is 2.92. The number of aromatic nitrogens is 2. The van der Waals surface area contributed by atoms with E-state index in [1.165, 1.54) is 17.8 Å². The van der Waals surface area contributed by atoms with Gasteiger partial charge in [0.15, 0.2) is 5.16 Å². The highest BCUT2D eigenvalue weighted by Crippen LogP contribution is 2.24. The number of hydrogen-bond acceptors (Lipinski definition) is 5. The molecule has 2 rings (SSSR count). The molecule has 0 aliphatic rings. The Labute approximate surface area is 120 Å². The molecule has 0 fully saturated rings. The average Bonchev–Trinajstić information content (AvgIpc) is 2.45. The van der Waals surface area contributed by atoms with Crippen molar-refractivity contribution in [3.8, 4) is 6.07 Å². The zero-order chi connectivity index (χ0) is 14.5. The number of hydrogen-bond donors (Lipinski definition) is 1. The van der Waals surface area contributed by atoms with Gasteiger partial charge in [-0.15, -0.1) is 0 Å². The van der Waals surface area contributed by atoms with Gasteiger partial charge in [-0.25, -0.2) is 14.4 Å². The van der Waals surface area contributed by atoms with Gasteiger partial charge in [0.1, 0.15) is 23.3 Å². The molecular weight excluding hydrogens is 275 g/mol. The first-order chi connectivity index (χ1) is 9.65. The van der Waals surface area contributed by atoms with Crippen LogP contribution in [0.2, 0.25) is 0 Å². The molecule has 1 heterocycles. The van der Waals surface area contributed by atoms with Crippen LogP contribution in [0.4, 0.5) is 10.2 Å². The summed E-state index contributed by atoms with van der Waals surface area (Å²) in [5.41, 5.74) is 7.27. The highest BCUT2D eigenvalue weighted by molar-refractivity contribution is 7.98. The van der Waals surface area contributed by atoms with Gasteiger partial charge in [0, 0.05) is 5.75 Å². The van der Waals surface area contributed by atoms with Gasteiger partial charge in [-0.1, -0.05) is 36.9 Å². The molecule has 0 atom stereocenters. The molecule has 6 heteroatoms. The van der Waals surface area contributed by atoms with Crippen LogP contribution in [0.1, 0.15) is 23.7 Å². The maximum absolute atomic E-state index is 13.5. The predicted molar refractivity (Wildman–Crippen MR) is 76.5 cm³/mol. The van der Waals surface area contributed by atoms with Crippen LogP contribution in [0.25, 0.3) is 0 Å². The molecule has 1 aromatic carbocycles. The first-order valence-corrected chi connectivity index (χ1v) is 7.07. The fourth-order valence-corrected chi connectivity index (χ4v) is 2.56. The molecule has 102 valence electrons. The molecule has 0 bridgehead atoms. The van der Waals surface area contributed by atoms with E-state index in [0.717, 1.165) is 0 Å². The topological polar surface area (TPSA) is 75.6 Å². The van der Waals surface area contributed by atoms with Crippen molar-refractivity contribution in [2.24, 2.45) is 0 Å². The Kier molecular flexibility index (Phi) is 4.53. The molecular formula is C14H13FN4S. The molecule has 0 aliphatic carbocycles. The number of nitrogens with zero attached hydrogens (tertiary/aromatic N) is 3. The van der Waals surface area contributed by atoms with E-state index in [1.54, 1.807) is 18.2 Å². The van der Waals surface area contributed by atoms with Gasteiger partial charge < -0.3 is 5.73 Å². The molecule has 0 radical (unpaired) electrons. The SMILES string of the molecule is CCc1nc(SCc2ccccc2F)nc(N)c1C#N. The minimum absolute atomic E-state index is 0.176. The summed E-state index contributed by atoms with van der Waals surface area (Å²) in [6.45, 7) is 1.90. The summed E-state index contributed by atoms with van der Waals surface area (Å²) in [4.78, 5) is 8.38. The van der Waals surface area contributed by atoms with E-state index in [0.29, 0.717) is 34.2 Å². The second-order valence-corrected chi connectivity index (χ2v) is 5.00. The van der Waals surface area contributed by atoms with Crippen molar-refractivity contribution in [3.05, 3.63) is 46.9 Å². The van der Waals surface area contributed by atoms with Gasteiger partial charge in [0.2, 0.25) is 0 Å². The molecule has 0 saturated carbocycles. The maximum Gasteiger partial charge on any atom is 0.190 e. The average molecular weight is 288 g/mol. The fourth-order valence-electron chi connectivity index (χ4n) is 1.70. The summed E-state index contributed by atoms with van der Waals surface area (Å²) >= 11 is 1.30. The lowest BCUT2D eigenvalue weighted by atomic mass is 10.2. The third kappa shape index (κ3) is 3.06. The summed E-state index contributed by atoms with van der Waals surface area (Å²) in [6.07, 6.45) is 0.600. The Morgan fingerprint density at radius 1 is 1.35 bits per heavy atom. The van der Waals surface area contributed by atoms with Crippen LogP contribution in [-0.2, 0) is 12.2 Å². The molecule has 0 aliphatic heterocycles. The highest BCUT2D eigenvalue weighted by Gasteiger charge is 2.11. The van der Waals surface area contributed by atoms with Crippen molar-refractivity contribution in [3.63, 3.8) is 0 Å². The first-order valence-electron chi connectivity index (χ1n) is 6.08. The molecule has 0 spiro atoms. The molecule has 0 saturated heterocycles. The lowest BCUT2D eigenvalue weighted by Gasteiger charge is -2.07. The van der Waals surface area contributed by atoms with Crippen LogP contribution in [0.5, 0.6) is 0 Å². The van der Waals surface area contributed by atoms with E-state index < -0.39 is 0 Å². The second-order valence-electron chi connectivity index (χ2n) is 4.06.